The topological polar surface area (TPSA) is 84.7 Å². The molecule has 0 radical (unpaired) electrons. The van der Waals surface area contributed by atoms with Gasteiger partial charge >= 0.3 is 0 Å². The van der Waals surface area contributed by atoms with Crippen LogP contribution in [0.3, 0.4) is 0 Å². The van der Waals surface area contributed by atoms with Gasteiger partial charge in [0, 0.05) is 29.0 Å². The lowest BCUT2D eigenvalue weighted by atomic mass is 9.99. The molecule has 0 saturated heterocycles. The van der Waals surface area contributed by atoms with E-state index in [1.807, 2.05) is 37.3 Å². The minimum Gasteiger partial charge on any atom is -0.368 e. The second-order valence-electron chi connectivity index (χ2n) is 4.70. The maximum atomic E-state index is 11.2. The molecule has 0 saturated carbocycles. The smallest absolute Gasteiger partial charge is 0.247 e. The largest absolute Gasteiger partial charge is 0.368 e. The van der Waals surface area contributed by atoms with Crippen LogP contribution in [0.1, 0.15) is 5.69 Å². The molecule has 3 rings (SSSR count). The molecule has 0 bridgehead atoms. The summed E-state index contributed by atoms with van der Waals surface area (Å²) in [5.74, 6) is 0.236. The molecule has 2 heterocycles. The van der Waals surface area contributed by atoms with Crippen LogP contribution in [-0.2, 0) is 0 Å². The Labute approximate surface area is 121 Å². The molecule has 21 heavy (non-hydrogen) atoms. The van der Waals surface area contributed by atoms with E-state index in [0.29, 0.717) is 0 Å². The van der Waals surface area contributed by atoms with Crippen LogP contribution in [-0.4, -0.2) is 15.0 Å². The minimum atomic E-state index is -0.144. The van der Waals surface area contributed by atoms with Gasteiger partial charge in [0.05, 0.1) is 11.4 Å². The molecule has 3 aromatic rings. The first-order valence-electron chi connectivity index (χ1n) is 6.54. The van der Waals surface area contributed by atoms with Crippen molar-refractivity contribution in [3.8, 4) is 22.4 Å². The highest BCUT2D eigenvalue weighted by Crippen LogP contribution is 2.32. The number of nitrogens with two attached hydrogens (primary N) is 1. The van der Waals surface area contributed by atoms with Crippen molar-refractivity contribution in [2.75, 3.05) is 5.73 Å². The first-order valence-corrected chi connectivity index (χ1v) is 6.54. The van der Waals surface area contributed by atoms with Crippen molar-refractivity contribution in [2.45, 2.75) is 6.92 Å². The van der Waals surface area contributed by atoms with Gasteiger partial charge < -0.3 is 10.7 Å². The zero-order valence-corrected chi connectivity index (χ0v) is 11.5. The minimum absolute atomic E-state index is 0.144. The van der Waals surface area contributed by atoms with Gasteiger partial charge in [0.25, 0.3) is 0 Å². The lowest BCUT2D eigenvalue weighted by Crippen LogP contribution is -2.05. The number of aryl methyl sites for hydroxylation is 1. The molecule has 5 heteroatoms. The molecule has 0 aliphatic heterocycles. The van der Waals surface area contributed by atoms with Gasteiger partial charge in [0.1, 0.15) is 0 Å². The van der Waals surface area contributed by atoms with E-state index < -0.39 is 0 Å². The summed E-state index contributed by atoms with van der Waals surface area (Å²) in [6, 6.07) is 13.0. The van der Waals surface area contributed by atoms with Gasteiger partial charge in [-0.05, 0) is 13.0 Å². The summed E-state index contributed by atoms with van der Waals surface area (Å²) in [5, 5.41) is 0. The average Bonchev–Trinajstić information content (AvgIpc) is 2.49. The SMILES string of the molecule is Cc1nc(N)nc(-c2ccccc2)c1-c1ccc(=O)[nH]c1. The molecule has 2 aromatic heterocycles. The summed E-state index contributed by atoms with van der Waals surface area (Å²) >= 11 is 0. The summed E-state index contributed by atoms with van der Waals surface area (Å²) in [7, 11) is 0. The van der Waals surface area contributed by atoms with Gasteiger partial charge in [0.15, 0.2) is 0 Å². The van der Waals surface area contributed by atoms with E-state index in [1.165, 1.54) is 6.07 Å². The molecule has 0 spiro atoms. The first-order chi connectivity index (χ1) is 10.1. The van der Waals surface area contributed by atoms with Crippen LogP contribution in [0.25, 0.3) is 22.4 Å². The summed E-state index contributed by atoms with van der Waals surface area (Å²) in [6.07, 6.45) is 1.66. The van der Waals surface area contributed by atoms with Crippen molar-refractivity contribution in [1.29, 1.82) is 0 Å². The number of nitrogen functional groups attached to an aromatic ring is 1. The Hall–Kier alpha value is -2.95. The van der Waals surface area contributed by atoms with Gasteiger partial charge in [-0.1, -0.05) is 30.3 Å². The third-order valence-electron chi connectivity index (χ3n) is 3.23. The van der Waals surface area contributed by atoms with Gasteiger partial charge in [-0.25, -0.2) is 9.97 Å². The molecule has 1 aromatic carbocycles. The molecular formula is C16H14N4O. The Bertz CT molecular complexity index is 820. The van der Waals surface area contributed by atoms with Crippen molar-refractivity contribution >= 4 is 5.95 Å². The lowest BCUT2D eigenvalue weighted by molar-refractivity contribution is 1.12. The fourth-order valence-electron chi connectivity index (χ4n) is 2.31. The zero-order valence-electron chi connectivity index (χ0n) is 11.5. The molecule has 0 atom stereocenters. The van der Waals surface area contributed by atoms with Crippen LogP contribution in [0.4, 0.5) is 5.95 Å². The van der Waals surface area contributed by atoms with E-state index in [9.17, 15) is 4.79 Å². The van der Waals surface area contributed by atoms with Crippen molar-refractivity contribution in [3.05, 3.63) is 64.7 Å². The van der Waals surface area contributed by atoms with Gasteiger partial charge in [-0.2, -0.15) is 0 Å². The Morgan fingerprint density at radius 1 is 1.00 bits per heavy atom. The average molecular weight is 278 g/mol. The molecule has 0 aliphatic rings. The van der Waals surface area contributed by atoms with Crippen LogP contribution < -0.4 is 11.3 Å². The standard InChI is InChI=1S/C16H14N4O/c1-10-14(12-7-8-13(21)18-9-12)15(20-16(17)19-10)11-5-3-2-4-6-11/h2-9H,1H3,(H,18,21)(H2,17,19,20). The van der Waals surface area contributed by atoms with E-state index >= 15 is 0 Å². The Balaban J connectivity index is 2.29. The first kappa shape index (κ1) is 13.1. The Morgan fingerprint density at radius 3 is 2.43 bits per heavy atom. The molecular weight excluding hydrogens is 264 g/mol. The molecule has 104 valence electrons. The third-order valence-corrected chi connectivity index (χ3v) is 3.23. The summed E-state index contributed by atoms with van der Waals surface area (Å²) in [4.78, 5) is 22.5. The highest BCUT2D eigenvalue weighted by atomic mass is 16.1. The number of aromatic nitrogens is 3. The molecule has 0 amide bonds. The number of pyridine rings is 1. The number of hydrogen-bond acceptors (Lipinski definition) is 4. The predicted molar refractivity (Wildman–Crippen MR) is 82.7 cm³/mol. The van der Waals surface area contributed by atoms with E-state index in [1.54, 1.807) is 12.3 Å². The number of H-pyrrole nitrogens is 1. The van der Waals surface area contributed by atoms with E-state index in [0.717, 1.165) is 28.1 Å². The molecule has 0 unspecified atom stereocenters. The van der Waals surface area contributed by atoms with Crippen molar-refractivity contribution in [1.82, 2.24) is 15.0 Å². The van der Waals surface area contributed by atoms with Crippen molar-refractivity contribution in [2.24, 2.45) is 0 Å². The number of aromatic amines is 1. The maximum absolute atomic E-state index is 11.2. The van der Waals surface area contributed by atoms with E-state index in [2.05, 4.69) is 15.0 Å². The normalized spacial score (nSPS) is 10.5. The summed E-state index contributed by atoms with van der Waals surface area (Å²) in [6.45, 7) is 1.88. The monoisotopic (exact) mass is 278 g/mol. The maximum Gasteiger partial charge on any atom is 0.247 e. The second kappa shape index (κ2) is 5.20. The van der Waals surface area contributed by atoms with E-state index in [-0.39, 0.29) is 11.5 Å². The van der Waals surface area contributed by atoms with Crippen molar-refractivity contribution < 1.29 is 0 Å². The Kier molecular flexibility index (Phi) is 3.23. The fourth-order valence-corrected chi connectivity index (χ4v) is 2.31. The van der Waals surface area contributed by atoms with Crippen LogP contribution in [0.15, 0.2) is 53.5 Å². The number of nitrogens with one attached hydrogen (secondary N) is 1. The number of rotatable bonds is 2. The van der Waals surface area contributed by atoms with Crippen LogP contribution in [0.5, 0.6) is 0 Å². The fraction of sp³-hybridized carbons (Fsp3) is 0.0625. The van der Waals surface area contributed by atoms with Crippen LogP contribution in [0.2, 0.25) is 0 Å². The molecule has 0 fully saturated rings. The second-order valence-corrected chi connectivity index (χ2v) is 4.70. The quantitative estimate of drug-likeness (QED) is 0.753. The van der Waals surface area contributed by atoms with Crippen LogP contribution in [0, 0.1) is 6.92 Å². The van der Waals surface area contributed by atoms with Crippen LogP contribution >= 0.6 is 0 Å². The van der Waals surface area contributed by atoms with Gasteiger partial charge in [0.2, 0.25) is 11.5 Å². The summed E-state index contributed by atoms with van der Waals surface area (Å²) < 4.78 is 0. The third kappa shape index (κ3) is 2.53. The number of hydrogen-bond donors (Lipinski definition) is 2. The Morgan fingerprint density at radius 2 is 1.76 bits per heavy atom. The molecule has 5 nitrogen and oxygen atoms in total. The molecule has 0 aliphatic carbocycles. The number of benzene rings is 1. The van der Waals surface area contributed by atoms with Gasteiger partial charge in [-0.3, -0.25) is 4.79 Å². The number of anilines is 1. The molecule has 3 N–H and O–H groups in total. The van der Waals surface area contributed by atoms with Crippen molar-refractivity contribution in [3.63, 3.8) is 0 Å². The van der Waals surface area contributed by atoms with E-state index in [4.69, 9.17) is 5.73 Å². The highest BCUT2D eigenvalue weighted by Gasteiger charge is 2.14. The lowest BCUT2D eigenvalue weighted by Gasteiger charge is -2.12. The predicted octanol–water partition coefficient (Wildman–Crippen LogP) is 2.39. The van der Waals surface area contributed by atoms with Gasteiger partial charge in [-0.15, -0.1) is 0 Å². The zero-order chi connectivity index (χ0) is 14.8. The highest BCUT2D eigenvalue weighted by molar-refractivity contribution is 5.82. The summed E-state index contributed by atoms with van der Waals surface area (Å²) in [5.41, 5.74) is 9.85. The number of nitrogens with zero attached hydrogens (tertiary/aromatic N) is 2.